The summed E-state index contributed by atoms with van der Waals surface area (Å²) in [6.45, 7) is 0.863. The lowest BCUT2D eigenvalue weighted by molar-refractivity contribution is 0.256. The molecule has 5 nitrogen and oxygen atoms in total. The Morgan fingerprint density at radius 3 is 2.25 bits per heavy atom. The van der Waals surface area contributed by atoms with Crippen LogP contribution >= 0.6 is 0 Å². The van der Waals surface area contributed by atoms with Crippen molar-refractivity contribution < 1.29 is 13.5 Å². The molecule has 1 saturated heterocycles. The molecule has 0 aromatic heterocycles. The van der Waals surface area contributed by atoms with Crippen LogP contribution in [0.15, 0.2) is 30.3 Å². The van der Waals surface area contributed by atoms with Crippen LogP contribution in [0.25, 0.3) is 0 Å². The van der Waals surface area contributed by atoms with Crippen molar-refractivity contribution in [3.05, 3.63) is 35.9 Å². The Kier molecular flexibility index (Phi) is 5.54. The highest BCUT2D eigenvalue weighted by Crippen LogP contribution is 2.17. The second-order valence-electron chi connectivity index (χ2n) is 5.08. The molecule has 1 atom stereocenters. The van der Waals surface area contributed by atoms with Crippen LogP contribution in [0, 0.1) is 0 Å². The van der Waals surface area contributed by atoms with Gasteiger partial charge in [0, 0.05) is 13.1 Å². The highest BCUT2D eigenvalue weighted by Gasteiger charge is 2.26. The molecule has 2 rings (SSSR count). The summed E-state index contributed by atoms with van der Waals surface area (Å²) in [6, 6.07) is 8.56. The maximum atomic E-state index is 12.4. The van der Waals surface area contributed by atoms with Gasteiger partial charge in [-0.05, 0) is 18.4 Å². The van der Waals surface area contributed by atoms with Gasteiger partial charge in [-0.3, -0.25) is 0 Å². The molecule has 1 fully saturated rings. The third-order valence-corrected chi connectivity index (χ3v) is 5.21. The van der Waals surface area contributed by atoms with Gasteiger partial charge in [0.1, 0.15) is 0 Å². The van der Waals surface area contributed by atoms with Crippen LogP contribution in [0.3, 0.4) is 0 Å². The van der Waals surface area contributed by atoms with Crippen LogP contribution < -0.4 is 4.72 Å². The molecule has 20 heavy (non-hydrogen) atoms. The van der Waals surface area contributed by atoms with Crippen molar-refractivity contribution in [2.75, 3.05) is 19.7 Å². The summed E-state index contributed by atoms with van der Waals surface area (Å²) < 4.78 is 28.9. The van der Waals surface area contributed by atoms with Crippen molar-refractivity contribution in [2.24, 2.45) is 0 Å². The Balaban J connectivity index is 2.09. The predicted molar refractivity (Wildman–Crippen MR) is 78.4 cm³/mol. The smallest absolute Gasteiger partial charge is 0.280 e. The van der Waals surface area contributed by atoms with Gasteiger partial charge < -0.3 is 5.11 Å². The zero-order chi connectivity index (χ0) is 14.4. The summed E-state index contributed by atoms with van der Waals surface area (Å²) >= 11 is 0. The van der Waals surface area contributed by atoms with E-state index in [0.29, 0.717) is 13.1 Å². The van der Waals surface area contributed by atoms with Crippen LogP contribution in [0.5, 0.6) is 0 Å². The number of rotatable bonds is 5. The fourth-order valence-corrected chi connectivity index (χ4v) is 3.89. The molecule has 6 heteroatoms. The second-order valence-corrected chi connectivity index (χ2v) is 6.78. The van der Waals surface area contributed by atoms with Gasteiger partial charge in [0.05, 0.1) is 12.6 Å². The van der Waals surface area contributed by atoms with Gasteiger partial charge in [0.2, 0.25) is 0 Å². The maximum absolute atomic E-state index is 12.4. The molecule has 0 amide bonds. The number of benzene rings is 1. The standard InChI is InChI=1S/C14H22N2O3S/c17-12-14(13-8-4-3-5-9-13)15-20(18,19)16-10-6-1-2-7-11-16/h3-5,8-9,14-15,17H,1-2,6-7,10-12H2/t14-/m0/s1. The van der Waals surface area contributed by atoms with E-state index in [-0.39, 0.29) is 6.61 Å². The molecule has 1 aliphatic heterocycles. The third-order valence-electron chi connectivity index (χ3n) is 3.58. The van der Waals surface area contributed by atoms with Gasteiger partial charge in [0.25, 0.3) is 10.2 Å². The van der Waals surface area contributed by atoms with E-state index in [0.717, 1.165) is 31.2 Å². The fourth-order valence-electron chi connectivity index (χ4n) is 2.43. The SMILES string of the molecule is O=S(=O)(N[C@@H](CO)c1ccccc1)N1CCCCCC1. The van der Waals surface area contributed by atoms with Crippen molar-refractivity contribution in [3.63, 3.8) is 0 Å². The largest absolute Gasteiger partial charge is 0.394 e. The Bertz CT molecular complexity index is 496. The average Bonchev–Trinajstić information content (AvgIpc) is 2.75. The molecule has 0 aliphatic carbocycles. The molecular formula is C14H22N2O3S. The first-order valence-electron chi connectivity index (χ1n) is 7.06. The highest BCUT2D eigenvalue weighted by atomic mass is 32.2. The van der Waals surface area contributed by atoms with E-state index in [1.165, 1.54) is 4.31 Å². The minimum atomic E-state index is -3.54. The average molecular weight is 298 g/mol. The summed E-state index contributed by atoms with van der Waals surface area (Å²) in [5.41, 5.74) is 0.772. The van der Waals surface area contributed by atoms with Crippen LogP contribution in [0.4, 0.5) is 0 Å². The number of nitrogens with zero attached hydrogens (tertiary/aromatic N) is 1. The summed E-state index contributed by atoms with van der Waals surface area (Å²) in [4.78, 5) is 0. The molecule has 1 aromatic rings. The van der Waals surface area contributed by atoms with E-state index < -0.39 is 16.3 Å². The minimum Gasteiger partial charge on any atom is -0.394 e. The number of aliphatic hydroxyl groups excluding tert-OH is 1. The van der Waals surface area contributed by atoms with E-state index >= 15 is 0 Å². The van der Waals surface area contributed by atoms with Gasteiger partial charge in [-0.1, -0.05) is 43.2 Å². The summed E-state index contributed by atoms with van der Waals surface area (Å²) in [5, 5.41) is 9.45. The lowest BCUT2D eigenvalue weighted by Gasteiger charge is -2.24. The first kappa shape index (κ1) is 15.4. The highest BCUT2D eigenvalue weighted by molar-refractivity contribution is 7.87. The molecule has 2 N–H and O–H groups in total. The van der Waals surface area contributed by atoms with Crippen molar-refractivity contribution in [1.82, 2.24) is 9.03 Å². The first-order valence-corrected chi connectivity index (χ1v) is 8.51. The predicted octanol–water partition coefficient (Wildman–Crippen LogP) is 1.43. The summed E-state index contributed by atoms with van der Waals surface area (Å²) in [7, 11) is -3.54. The molecule has 1 aliphatic rings. The molecule has 1 heterocycles. The van der Waals surface area contributed by atoms with Crippen molar-refractivity contribution in [2.45, 2.75) is 31.7 Å². The topological polar surface area (TPSA) is 69.6 Å². The molecule has 1 aromatic carbocycles. The maximum Gasteiger partial charge on any atom is 0.280 e. The molecule has 112 valence electrons. The normalized spacial score (nSPS) is 19.4. The minimum absolute atomic E-state index is 0.253. The quantitative estimate of drug-likeness (QED) is 0.864. The Morgan fingerprint density at radius 2 is 1.70 bits per heavy atom. The summed E-state index contributed by atoms with van der Waals surface area (Å²) in [5.74, 6) is 0. The zero-order valence-electron chi connectivity index (χ0n) is 11.5. The van der Waals surface area contributed by atoms with E-state index in [1.54, 1.807) is 0 Å². The van der Waals surface area contributed by atoms with Crippen molar-refractivity contribution >= 4 is 10.2 Å². The zero-order valence-corrected chi connectivity index (χ0v) is 12.3. The summed E-state index contributed by atoms with van der Waals surface area (Å²) in [6.07, 6.45) is 3.95. The number of nitrogens with one attached hydrogen (secondary N) is 1. The molecular weight excluding hydrogens is 276 g/mol. The number of hydrogen-bond donors (Lipinski definition) is 2. The van der Waals surface area contributed by atoms with Crippen molar-refractivity contribution in [3.8, 4) is 0 Å². The molecule has 0 bridgehead atoms. The number of aliphatic hydroxyl groups is 1. The number of hydrogen-bond acceptors (Lipinski definition) is 3. The molecule has 0 saturated carbocycles. The Morgan fingerprint density at radius 1 is 1.10 bits per heavy atom. The molecule has 0 spiro atoms. The van der Waals surface area contributed by atoms with Gasteiger partial charge in [-0.2, -0.15) is 17.4 Å². The van der Waals surface area contributed by atoms with Gasteiger partial charge in [0.15, 0.2) is 0 Å². The first-order chi connectivity index (χ1) is 9.63. The van der Waals surface area contributed by atoms with Crippen LogP contribution in [0.1, 0.15) is 37.3 Å². The molecule has 0 unspecified atom stereocenters. The van der Waals surface area contributed by atoms with Crippen LogP contribution in [-0.2, 0) is 10.2 Å². The Labute approximate surface area is 120 Å². The monoisotopic (exact) mass is 298 g/mol. The Hall–Kier alpha value is -0.950. The molecule has 0 radical (unpaired) electrons. The lowest BCUT2D eigenvalue weighted by atomic mass is 10.1. The van der Waals surface area contributed by atoms with Gasteiger partial charge in [-0.25, -0.2) is 0 Å². The van der Waals surface area contributed by atoms with E-state index in [4.69, 9.17) is 0 Å². The second kappa shape index (κ2) is 7.17. The van der Waals surface area contributed by atoms with E-state index in [1.807, 2.05) is 30.3 Å². The van der Waals surface area contributed by atoms with Crippen molar-refractivity contribution in [1.29, 1.82) is 0 Å². The van der Waals surface area contributed by atoms with Gasteiger partial charge in [-0.15, -0.1) is 0 Å². The van der Waals surface area contributed by atoms with Gasteiger partial charge >= 0.3 is 0 Å². The fraction of sp³-hybridized carbons (Fsp3) is 0.571. The lowest BCUT2D eigenvalue weighted by Crippen LogP contribution is -2.43. The third kappa shape index (κ3) is 4.02. The van der Waals surface area contributed by atoms with Crippen LogP contribution in [-0.4, -0.2) is 37.5 Å². The van der Waals surface area contributed by atoms with E-state index in [9.17, 15) is 13.5 Å². The van der Waals surface area contributed by atoms with Crippen LogP contribution in [0.2, 0.25) is 0 Å². The van der Waals surface area contributed by atoms with E-state index in [2.05, 4.69) is 4.72 Å².